The van der Waals surface area contributed by atoms with Crippen molar-refractivity contribution in [2.45, 2.75) is 24.2 Å². The summed E-state index contributed by atoms with van der Waals surface area (Å²) in [7, 11) is 0. The van der Waals surface area contributed by atoms with Crippen molar-refractivity contribution in [1.82, 2.24) is 0 Å². The molecule has 0 heterocycles. The number of benzene rings is 2. The summed E-state index contributed by atoms with van der Waals surface area (Å²) in [6.45, 7) is 3.85. The molecule has 2 nitrogen and oxygen atoms in total. The van der Waals surface area contributed by atoms with E-state index in [9.17, 15) is 9.18 Å². The second kappa shape index (κ2) is 8.24. The first-order valence-corrected chi connectivity index (χ1v) is 8.56. The van der Waals surface area contributed by atoms with Crippen molar-refractivity contribution in [1.29, 1.82) is 0 Å². The molecule has 2 aromatic carbocycles. The summed E-state index contributed by atoms with van der Waals surface area (Å²) in [6.07, 6.45) is 4.33. The maximum atomic E-state index is 12.8. The number of hydrogen-bond donors (Lipinski definition) is 0. The van der Waals surface area contributed by atoms with Gasteiger partial charge in [-0.05, 0) is 49.1 Å². The van der Waals surface area contributed by atoms with Crippen molar-refractivity contribution < 1.29 is 13.9 Å². The number of aryl methyl sites for hydroxylation is 2. The third kappa shape index (κ3) is 5.16. The van der Waals surface area contributed by atoms with E-state index in [1.807, 2.05) is 44.2 Å². The van der Waals surface area contributed by atoms with Crippen LogP contribution in [0.1, 0.15) is 23.1 Å². The van der Waals surface area contributed by atoms with Gasteiger partial charge in [0.15, 0.2) is 0 Å². The van der Waals surface area contributed by atoms with E-state index in [0.29, 0.717) is 12.2 Å². The Hall–Kier alpha value is -1.69. The Kier molecular flexibility index (Phi) is 6.33. The zero-order valence-corrected chi connectivity index (χ0v) is 15.2. The number of halogens is 2. The van der Waals surface area contributed by atoms with Crippen LogP contribution in [-0.4, -0.2) is 9.89 Å². The molecule has 23 heavy (non-hydrogen) atoms. The van der Waals surface area contributed by atoms with Crippen molar-refractivity contribution in [2.24, 2.45) is 0 Å². The van der Waals surface area contributed by atoms with Gasteiger partial charge in [-0.25, -0.2) is 4.39 Å². The van der Waals surface area contributed by atoms with Gasteiger partial charge in [0.05, 0.1) is 0 Å². The van der Waals surface area contributed by atoms with Gasteiger partial charge in [0, 0.05) is 0 Å². The highest BCUT2D eigenvalue weighted by Crippen LogP contribution is 2.24. The first kappa shape index (κ1) is 17.7. The Balaban J connectivity index is 1.94. The minimum Gasteiger partial charge on any atom is -0.425 e. The molecule has 1 unspecified atom stereocenters. The Morgan fingerprint density at radius 2 is 1.78 bits per heavy atom. The van der Waals surface area contributed by atoms with Crippen LogP contribution in [0.25, 0.3) is 6.08 Å². The van der Waals surface area contributed by atoms with Crippen molar-refractivity contribution in [2.75, 3.05) is 0 Å². The lowest BCUT2D eigenvalue weighted by Crippen LogP contribution is -2.20. The number of esters is 1. The van der Waals surface area contributed by atoms with Crippen molar-refractivity contribution in [3.63, 3.8) is 0 Å². The number of rotatable bonds is 5. The second-order valence-corrected chi connectivity index (χ2v) is 6.80. The van der Waals surface area contributed by atoms with Crippen LogP contribution < -0.4 is 4.74 Å². The smallest absolute Gasteiger partial charge is 0.324 e. The zero-order valence-electron chi connectivity index (χ0n) is 13.1. The number of para-hydroxylation sites is 1. The van der Waals surface area contributed by atoms with E-state index in [2.05, 4.69) is 22.6 Å². The molecule has 0 saturated carbocycles. The molecular formula is C19H18FIO2. The fourth-order valence-electron chi connectivity index (χ4n) is 2.12. The number of hydrogen-bond acceptors (Lipinski definition) is 2. The Morgan fingerprint density at radius 1 is 1.17 bits per heavy atom. The van der Waals surface area contributed by atoms with Gasteiger partial charge < -0.3 is 4.74 Å². The van der Waals surface area contributed by atoms with Crippen LogP contribution in [0.4, 0.5) is 4.39 Å². The van der Waals surface area contributed by atoms with Crippen LogP contribution >= 0.6 is 22.6 Å². The molecule has 1 atom stereocenters. The number of carbonyl (C=O) groups excluding carboxylic acids is 1. The van der Waals surface area contributed by atoms with Gasteiger partial charge in [0.2, 0.25) is 0 Å². The largest absolute Gasteiger partial charge is 0.425 e. The zero-order chi connectivity index (χ0) is 16.8. The molecule has 0 aliphatic carbocycles. The van der Waals surface area contributed by atoms with Crippen molar-refractivity contribution >= 4 is 34.6 Å². The molecule has 0 fully saturated rings. The van der Waals surface area contributed by atoms with Crippen LogP contribution in [0.3, 0.4) is 0 Å². The van der Waals surface area contributed by atoms with Gasteiger partial charge in [-0.1, -0.05) is 65.1 Å². The summed E-state index contributed by atoms with van der Waals surface area (Å²) in [4.78, 5) is 12.2. The first-order valence-electron chi connectivity index (χ1n) is 7.31. The summed E-state index contributed by atoms with van der Waals surface area (Å²) < 4.78 is 18.1. The summed E-state index contributed by atoms with van der Waals surface area (Å²) >= 11 is 2.08. The average molecular weight is 424 g/mol. The lowest BCUT2D eigenvalue weighted by Gasteiger charge is -2.12. The lowest BCUT2D eigenvalue weighted by atomic mass is 10.1. The minimum atomic E-state index is -0.275. The van der Waals surface area contributed by atoms with Crippen LogP contribution in [0.5, 0.6) is 5.75 Å². The van der Waals surface area contributed by atoms with E-state index >= 15 is 0 Å². The second-order valence-electron chi connectivity index (χ2n) is 5.30. The van der Waals surface area contributed by atoms with Crippen LogP contribution in [0.2, 0.25) is 0 Å². The first-order chi connectivity index (χ1) is 11.0. The van der Waals surface area contributed by atoms with E-state index in [1.54, 1.807) is 12.1 Å². The molecule has 0 aliphatic rings. The molecule has 120 valence electrons. The fraction of sp³-hybridized carbons (Fsp3) is 0.211. The normalized spacial score (nSPS) is 12.3. The number of carbonyl (C=O) groups is 1. The topological polar surface area (TPSA) is 26.3 Å². The summed E-state index contributed by atoms with van der Waals surface area (Å²) in [5.41, 5.74) is 2.80. The predicted molar refractivity (Wildman–Crippen MR) is 99.4 cm³/mol. The molecule has 2 aromatic rings. The van der Waals surface area contributed by atoms with E-state index in [4.69, 9.17) is 4.74 Å². The Morgan fingerprint density at radius 3 is 2.39 bits per heavy atom. The highest BCUT2D eigenvalue weighted by molar-refractivity contribution is 14.1. The number of alkyl halides is 1. The van der Waals surface area contributed by atoms with Crippen LogP contribution in [0.15, 0.2) is 48.5 Å². The Bertz CT molecular complexity index is 688. The monoisotopic (exact) mass is 424 g/mol. The molecule has 0 N–H and O–H groups in total. The molecule has 0 radical (unpaired) electrons. The molecule has 2 rings (SSSR count). The van der Waals surface area contributed by atoms with Crippen LogP contribution in [-0.2, 0) is 4.79 Å². The highest BCUT2D eigenvalue weighted by atomic mass is 127. The average Bonchev–Trinajstić information content (AvgIpc) is 2.52. The molecule has 0 bridgehead atoms. The predicted octanol–water partition coefficient (Wildman–Crippen LogP) is 5.26. The highest BCUT2D eigenvalue weighted by Gasteiger charge is 2.17. The third-order valence-electron chi connectivity index (χ3n) is 3.39. The minimum absolute atomic E-state index is 0.258. The molecule has 0 spiro atoms. The number of allylic oxidation sites excluding steroid dienone is 1. The molecule has 0 aromatic heterocycles. The fourth-order valence-corrected chi connectivity index (χ4v) is 2.54. The molecule has 0 amide bonds. The van der Waals surface area contributed by atoms with E-state index in [1.165, 1.54) is 12.1 Å². The maximum absolute atomic E-state index is 12.8. The van der Waals surface area contributed by atoms with E-state index < -0.39 is 0 Å². The number of ether oxygens (including phenoxy) is 1. The van der Waals surface area contributed by atoms with E-state index in [0.717, 1.165) is 16.7 Å². The van der Waals surface area contributed by atoms with Gasteiger partial charge in [-0.2, -0.15) is 0 Å². The molecule has 0 saturated heterocycles. The molecular weight excluding hydrogens is 406 g/mol. The summed E-state index contributed by atoms with van der Waals surface area (Å²) in [5, 5.41) is 0. The van der Waals surface area contributed by atoms with E-state index in [-0.39, 0.29) is 15.7 Å². The quantitative estimate of drug-likeness (QED) is 0.284. The SMILES string of the molecule is Cc1cccc(C)c1OC(=O)C(I)C/C=C/c1ccc(F)cc1. The Labute approximate surface area is 149 Å². The summed E-state index contributed by atoms with van der Waals surface area (Å²) in [5.74, 6) is 0.125. The van der Waals surface area contributed by atoms with Gasteiger partial charge in [-0.15, -0.1) is 0 Å². The van der Waals surface area contributed by atoms with Crippen LogP contribution in [0, 0.1) is 19.7 Å². The van der Waals surface area contributed by atoms with Gasteiger partial charge in [0.25, 0.3) is 0 Å². The maximum Gasteiger partial charge on any atom is 0.324 e. The van der Waals surface area contributed by atoms with Crippen molar-refractivity contribution in [3.8, 4) is 5.75 Å². The van der Waals surface area contributed by atoms with Crippen molar-refractivity contribution in [3.05, 3.63) is 71.0 Å². The lowest BCUT2D eigenvalue weighted by molar-refractivity contribution is -0.133. The summed E-state index contributed by atoms with van der Waals surface area (Å²) in [6, 6.07) is 12.0. The standard InChI is InChI=1S/C19H18FIO2/c1-13-5-3-6-14(2)18(13)23-19(22)17(21)8-4-7-15-9-11-16(20)12-10-15/h3-7,9-12,17H,8H2,1-2H3/b7-4+. The van der Waals surface area contributed by atoms with Gasteiger partial charge >= 0.3 is 5.97 Å². The van der Waals surface area contributed by atoms with Gasteiger partial charge in [0.1, 0.15) is 15.5 Å². The molecule has 0 aliphatic heterocycles. The molecule has 4 heteroatoms. The third-order valence-corrected chi connectivity index (χ3v) is 4.41. The van der Waals surface area contributed by atoms with Gasteiger partial charge in [-0.3, -0.25) is 4.79 Å².